The van der Waals surface area contributed by atoms with E-state index in [0.29, 0.717) is 21.7 Å². The Hall–Kier alpha value is -3.32. The van der Waals surface area contributed by atoms with Crippen LogP contribution in [0.25, 0.3) is 10.9 Å². The minimum Gasteiger partial charge on any atom is -0.508 e. The number of aromatic amines is 1. The van der Waals surface area contributed by atoms with Crippen LogP contribution in [0.1, 0.15) is 28.5 Å². The number of fused-ring (bicyclic) bond motifs is 1. The predicted octanol–water partition coefficient (Wildman–Crippen LogP) is 3.40. The molecule has 2 aromatic carbocycles. The fraction of sp³-hybridized carbons (Fsp3) is 0.150. The molecule has 8 heteroatoms. The molecule has 0 bridgehead atoms. The molecule has 0 fully saturated rings. The third kappa shape index (κ3) is 4.50. The Morgan fingerprint density at radius 1 is 1.29 bits per heavy atom. The quantitative estimate of drug-likeness (QED) is 0.335. The number of benzene rings is 2. The number of rotatable bonds is 6. The summed E-state index contributed by atoms with van der Waals surface area (Å²) in [7, 11) is 0. The van der Waals surface area contributed by atoms with Gasteiger partial charge in [0.2, 0.25) is 5.91 Å². The molecule has 1 amide bonds. The Morgan fingerprint density at radius 3 is 2.86 bits per heavy atom. The molecule has 0 unspecified atom stereocenters. The largest absolute Gasteiger partial charge is 0.508 e. The van der Waals surface area contributed by atoms with Crippen LogP contribution in [0.4, 0.5) is 0 Å². The summed E-state index contributed by atoms with van der Waals surface area (Å²) in [6, 6.07) is 11.6. The average Bonchev–Trinajstić information content (AvgIpc) is 2.99. The lowest BCUT2D eigenvalue weighted by molar-refractivity contribution is -0.120. The number of esters is 1. The lowest BCUT2D eigenvalue weighted by Crippen LogP contribution is -2.20. The molecule has 3 rings (SSSR count). The lowest BCUT2D eigenvalue weighted by atomic mass is 10.1. The third-order valence-corrected chi connectivity index (χ3v) is 4.17. The first-order chi connectivity index (χ1) is 13.5. The number of aromatic hydroxyl groups is 1. The fourth-order valence-corrected chi connectivity index (χ4v) is 2.92. The second-order valence-electron chi connectivity index (χ2n) is 5.96. The molecule has 0 atom stereocenters. The molecule has 144 valence electrons. The molecule has 0 aliphatic rings. The number of phenolic OH excluding ortho intramolecular Hbond substituents is 1. The summed E-state index contributed by atoms with van der Waals surface area (Å²) >= 11 is 6.01. The van der Waals surface area contributed by atoms with Crippen LogP contribution in [0.5, 0.6) is 5.75 Å². The normalized spacial score (nSPS) is 11.1. The monoisotopic (exact) mass is 399 g/mol. The molecule has 0 saturated heterocycles. The highest BCUT2D eigenvalue weighted by atomic mass is 35.5. The van der Waals surface area contributed by atoms with Crippen molar-refractivity contribution in [2.45, 2.75) is 13.3 Å². The summed E-state index contributed by atoms with van der Waals surface area (Å²) in [5.41, 5.74) is 4.45. The predicted molar refractivity (Wildman–Crippen MR) is 107 cm³/mol. The zero-order chi connectivity index (χ0) is 20.1. The van der Waals surface area contributed by atoms with Gasteiger partial charge in [-0.05, 0) is 36.8 Å². The van der Waals surface area contributed by atoms with E-state index in [1.807, 2.05) is 0 Å². The van der Waals surface area contributed by atoms with Gasteiger partial charge >= 0.3 is 5.97 Å². The van der Waals surface area contributed by atoms with Crippen molar-refractivity contribution in [1.82, 2.24) is 10.4 Å². The van der Waals surface area contributed by atoms with Gasteiger partial charge in [-0.25, -0.2) is 10.2 Å². The highest BCUT2D eigenvalue weighted by molar-refractivity contribution is 6.31. The maximum atomic E-state index is 12.2. The number of carbonyl (C=O) groups is 2. The summed E-state index contributed by atoms with van der Waals surface area (Å²) in [6.07, 6.45) is 1.44. The van der Waals surface area contributed by atoms with Gasteiger partial charge in [0, 0.05) is 21.5 Å². The summed E-state index contributed by atoms with van der Waals surface area (Å²) in [5.74, 6) is -0.796. The fourth-order valence-electron chi connectivity index (χ4n) is 2.75. The molecule has 1 heterocycles. The van der Waals surface area contributed by atoms with Crippen LogP contribution in [0.2, 0.25) is 5.02 Å². The Balaban J connectivity index is 1.81. The van der Waals surface area contributed by atoms with Crippen molar-refractivity contribution in [1.29, 1.82) is 0 Å². The molecule has 0 aliphatic heterocycles. The smallest absolute Gasteiger partial charge is 0.355 e. The van der Waals surface area contributed by atoms with Crippen molar-refractivity contribution < 1.29 is 19.4 Å². The Kier molecular flexibility index (Phi) is 5.96. The van der Waals surface area contributed by atoms with Gasteiger partial charge in [-0.1, -0.05) is 29.8 Å². The van der Waals surface area contributed by atoms with Crippen molar-refractivity contribution in [3.05, 3.63) is 64.3 Å². The molecule has 28 heavy (non-hydrogen) atoms. The first kappa shape index (κ1) is 19.4. The second kappa shape index (κ2) is 8.58. The zero-order valence-electron chi connectivity index (χ0n) is 15.0. The summed E-state index contributed by atoms with van der Waals surface area (Å²) in [5, 5.41) is 14.7. The van der Waals surface area contributed by atoms with Crippen LogP contribution < -0.4 is 5.43 Å². The van der Waals surface area contributed by atoms with Crippen molar-refractivity contribution in [2.75, 3.05) is 6.61 Å². The zero-order valence-corrected chi connectivity index (χ0v) is 15.8. The number of halogens is 1. The van der Waals surface area contributed by atoms with Crippen LogP contribution in [0.3, 0.4) is 0 Å². The number of nitrogens with zero attached hydrogens (tertiary/aromatic N) is 1. The molecule has 0 saturated carbocycles. The van der Waals surface area contributed by atoms with E-state index in [9.17, 15) is 14.7 Å². The van der Waals surface area contributed by atoms with Gasteiger partial charge in [0.25, 0.3) is 0 Å². The maximum Gasteiger partial charge on any atom is 0.355 e. The minimum atomic E-state index is -0.526. The van der Waals surface area contributed by atoms with Gasteiger partial charge in [0.1, 0.15) is 11.4 Å². The number of hydrogen-bond donors (Lipinski definition) is 3. The molecule has 3 N–H and O–H groups in total. The number of hydrazone groups is 1. The van der Waals surface area contributed by atoms with E-state index in [0.717, 1.165) is 5.39 Å². The molecule has 1 aromatic heterocycles. The highest BCUT2D eigenvalue weighted by Gasteiger charge is 2.18. The van der Waals surface area contributed by atoms with Gasteiger partial charge in [-0.3, -0.25) is 4.79 Å². The Morgan fingerprint density at radius 2 is 2.11 bits per heavy atom. The Bertz CT molecular complexity index is 1060. The van der Waals surface area contributed by atoms with Gasteiger partial charge in [-0.2, -0.15) is 5.10 Å². The molecule has 0 spiro atoms. The van der Waals surface area contributed by atoms with E-state index in [-0.39, 0.29) is 30.4 Å². The topological polar surface area (TPSA) is 104 Å². The van der Waals surface area contributed by atoms with Crippen LogP contribution in [-0.2, 0) is 16.0 Å². The van der Waals surface area contributed by atoms with E-state index < -0.39 is 5.97 Å². The maximum absolute atomic E-state index is 12.2. The third-order valence-electron chi connectivity index (χ3n) is 3.94. The second-order valence-corrected chi connectivity index (χ2v) is 6.40. The molecule has 0 aliphatic carbocycles. The van der Waals surface area contributed by atoms with E-state index in [1.54, 1.807) is 37.3 Å². The first-order valence-corrected chi connectivity index (χ1v) is 8.94. The average molecular weight is 400 g/mol. The number of hydrogen-bond acceptors (Lipinski definition) is 5. The summed E-state index contributed by atoms with van der Waals surface area (Å²) < 4.78 is 5.07. The van der Waals surface area contributed by atoms with Crippen LogP contribution in [0.15, 0.2) is 47.6 Å². The van der Waals surface area contributed by atoms with Gasteiger partial charge in [0.05, 0.1) is 19.2 Å². The standard InChI is InChI=1S/C20H18ClN3O4/c1-2-28-20(27)19-16(15-7-6-13(21)10-17(15)23-19)11-22-24-18(26)9-12-4-3-5-14(25)8-12/h3-8,10-11,23,25H,2,9H2,1H3,(H,24,26)/b22-11+. The molecular weight excluding hydrogens is 382 g/mol. The number of aromatic nitrogens is 1. The van der Waals surface area contributed by atoms with Crippen molar-refractivity contribution >= 4 is 40.6 Å². The van der Waals surface area contributed by atoms with Gasteiger partial charge in [-0.15, -0.1) is 0 Å². The number of H-pyrrole nitrogens is 1. The van der Waals surface area contributed by atoms with Crippen LogP contribution >= 0.6 is 11.6 Å². The van der Waals surface area contributed by atoms with Crippen molar-refractivity contribution in [2.24, 2.45) is 5.10 Å². The van der Waals surface area contributed by atoms with Gasteiger partial charge in [0.15, 0.2) is 0 Å². The van der Waals surface area contributed by atoms with Crippen LogP contribution in [0, 0.1) is 0 Å². The lowest BCUT2D eigenvalue weighted by Gasteiger charge is -2.02. The molecule has 7 nitrogen and oxygen atoms in total. The number of carbonyl (C=O) groups excluding carboxylic acids is 2. The van der Waals surface area contributed by atoms with Gasteiger partial charge < -0.3 is 14.8 Å². The molecule has 0 radical (unpaired) electrons. The summed E-state index contributed by atoms with van der Waals surface area (Å²) in [6.45, 7) is 1.94. The first-order valence-electron chi connectivity index (χ1n) is 8.56. The van der Waals surface area contributed by atoms with E-state index in [1.165, 1.54) is 18.3 Å². The number of phenols is 1. The van der Waals surface area contributed by atoms with Crippen LogP contribution in [-0.4, -0.2) is 34.8 Å². The molecule has 3 aromatic rings. The van der Waals surface area contributed by atoms with E-state index in [4.69, 9.17) is 16.3 Å². The Labute approximate surface area is 166 Å². The van der Waals surface area contributed by atoms with Crippen molar-refractivity contribution in [3.8, 4) is 5.75 Å². The van der Waals surface area contributed by atoms with E-state index >= 15 is 0 Å². The van der Waals surface area contributed by atoms with Crippen molar-refractivity contribution in [3.63, 3.8) is 0 Å². The number of amides is 1. The van der Waals surface area contributed by atoms with E-state index in [2.05, 4.69) is 15.5 Å². The number of ether oxygens (including phenoxy) is 1. The number of nitrogens with one attached hydrogen (secondary N) is 2. The minimum absolute atomic E-state index is 0.0555. The highest BCUT2D eigenvalue weighted by Crippen LogP contribution is 2.25. The molecular formula is C20H18ClN3O4. The summed E-state index contributed by atoms with van der Waals surface area (Å²) in [4.78, 5) is 27.3. The SMILES string of the molecule is CCOC(=O)c1[nH]c2cc(Cl)ccc2c1/C=N/NC(=O)Cc1cccc(O)c1.